The summed E-state index contributed by atoms with van der Waals surface area (Å²) in [6, 6.07) is 6.18. The summed E-state index contributed by atoms with van der Waals surface area (Å²) >= 11 is 5.86. The van der Waals surface area contributed by atoms with Gasteiger partial charge in [0.2, 0.25) is 5.78 Å². The lowest BCUT2D eigenvalue weighted by atomic mass is 10.2. The Kier molecular flexibility index (Phi) is 3.45. The molecule has 0 aliphatic carbocycles. The van der Waals surface area contributed by atoms with Gasteiger partial charge in [-0.2, -0.15) is 0 Å². The van der Waals surface area contributed by atoms with Gasteiger partial charge in [-0.3, -0.25) is 4.40 Å². The Morgan fingerprint density at radius 1 is 1.43 bits per heavy atom. The van der Waals surface area contributed by atoms with Crippen LogP contribution in [-0.4, -0.2) is 25.4 Å². The van der Waals surface area contributed by atoms with Gasteiger partial charge in [0.05, 0.1) is 5.69 Å². The molecule has 0 fully saturated rings. The van der Waals surface area contributed by atoms with E-state index in [1.807, 2.05) is 6.20 Å². The van der Waals surface area contributed by atoms with Crippen molar-refractivity contribution in [1.82, 2.24) is 14.4 Å². The van der Waals surface area contributed by atoms with Crippen molar-refractivity contribution in [3.63, 3.8) is 0 Å². The van der Waals surface area contributed by atoms with Crippen LogP contribution in [0.1, 0.15) is 16.1 Å². The standard InChI is InChI=1S/C14H10ClN3O3/c15-9-2-3-11(13(19)20)12(6-9)21-8-10-7-18-5-1-4-16-14(18)17-10/h1-7H,8H2,(H,19,20). The number of nitrogens with zero attached hydrogens (tertiary/aromatic N) is 3. The first-order valence-corrected chi connectivity index (χ1v) is 6.45. The second kappa shape index (κ2) is 5.41. The molecule has 21 heavy (non-hydrogen) atoms. The molecule has 0 saturated heterocycles. The van der Waals surface area contributed by atoms with Crippen molar-refractivity contribution in [2.24, 2.45) is 0 Å². The Labute approximate surface area is 124 Å². The summed E-state index contributed by atoms with van der Waals surface area (Å²) in [6.45, 7) is 0.129. The van der Waals surface area contributed by atoms with Crippen LogP contribution in [0.3, 0.4) is 0 Å². The van der Waals surface area contributed by atoms with Gasteiger partial charge in [-0.25, -0.2) is 14.8 Å². The van der Waals surface area contributed by atoms with E-state index in [1.165, 1.54) is 18.2 Å². The Morgan fingerprint density at radius 3 is 3.05 bits per heavy atom. The molecule has 1 aromatic carbocycles. The second-order valence-corrected chi connectivity index (χ2v) is 4.73. The van der Waals surface area contributed by atoms with Crippen molar-refractivity contribution in [3.8, 4) is 5.75 Å². The number of aromatic carboxylic acids is 1. The molecule has 3 aromatic rings. The normalized spacial score (nSPS) is 10.7. The van der Waals surface area contributed by atoms with Crippen molar-refractivity contribution in [3.05, 3.63) is 59.1 Å². The average Bonchev–Trinajstić information content (AvgIpc) is 2.87. The number of imidazole rings is 1. The zero-order valence-corrected chi connectivity index (χ0v) is 11.5. The van der Waals surface area contributed by atoms with E-state index in [4.69, 9.17) is 21.4 Å². The molecule has 0 saturated carbocycles. The minimum Gasteiger partial charge on any atom is -0.486 e. The van der Waals surface area contributed by atoms with Crippen molar-refractivity contribution in [2.45, 2.75) is 6.61 Å². The minimum absolute atomic E-state index is 0.0567. The van der Waals surface area contributed by atoms with Gasteiger partial charge >= 0.3 is 5.97 Å². The van der Waals surface area contributed by atoms with Crippen molar-refractivity contribution < 1.29 is 14.6 Å². The number of benzene rings is 1. The number of carboxylic acid groups (broad SMARTS) is 1. The van der Waals surface area contributed by atoms with Crippen LogP contribution in [0.15, 0.2) is 42.9 Å². The Morgan fingerprint density at radius 2 is 2.29 bits per heavy atom. The second-order valence-electron chi connectivity index (χ2n) is 4.29. The van der Waals surface area contributed by atoms with Gasteiger partial charge in [-0.05, 0) is 24.3 Å². The maximum absolute atomic E-state index is 11.1. The lowest BCUT2D eigenvalue weighted by Crippen LogP contribution is -2.03. The number of rotatable bonds is 4. The van der Waals surface area contributed by atoms with Gasteiger partial charge < -0.3 is 9.84 Å². The monoisotopic (exact) mass is 303 g/mol. The molecule has 7 heteroatoms. The fraction of sp³-hybridized carbons (Fsp3) is 0.0714. The van der Waals surface area contributed by atoms with E-state index >= 15 is 0 Å². The van der Waals surface area contributed by atoms with Crippen molar-refractivity contribution in [2.75, 3.05) is 0 Å². The molecule has 2 aromatic heterocycles. The molecule has 0 radical (unpaired) electrons. The number of hydrogen-bond acceptors (Lipinski definition) is 4. The van der Waals surface area contributed by atoms with Crippen LogP contribution >= 0.6 is 11.6 Å². The summed E-state index contributed by atoms with van der Waals surface area (Å²) < 4.78 is 7.28. The fourth-order valence-electron chi connectivity index (χ4n) is 1.89. The van der Waals surface area contributed by atoms with Crippen LogP contribution in [0.5, 0.6) is 5.75 Å². The van der Waals surface area contributed by atoms with Crippen LogP contribution in [0.25, 0.3) is 5.78 Å². The first kappa shape index (κ1) is 13.4. The zero-order valence-electron chi connectivity index (χ0n) is 10.7. The molecule has 6 nitrogen and oxygen atoms in total. The number of fused-ring (bicyclic) bond motifs is 1. The van der Waals surface area contributed by atoms with E-state index in [1.54, 1.807) is 22.9 Å². The highest BCUT2D eigenvalue weighted by molar-refractivity contribution is 6.30. The van der Waals surface area contributed by atoms with E-state index in [-0.39, 0.29) is 17.9 Å². The van der Waals surface area contributed by atoms with E-state index in [0.29, 0.717) is 16.5 Å². The van der Waals surface area contributed by atoms with Crippen LogP contribution in [0.2, 0.25) is 5.02 Å². The molecule has 0 aliphatic rings. The number of hydrogen-bond donors (Lipinski definition) is 1. The maximum Gasteiger partial charge on any atom is 0.339 e. The van der Waals surface area contributed by atoms with Gasteiger partial charge in [-0.1, -0.05) is 11.6 Å². The SMILES string of the molecule is O=C(O)c1ccc(Cl)cc1OCc1cn2cccnc2n1. The summed E-state index contributed by atoms with van der Waals surface area (Å²) in [6.07, 6.45) is 5.24. The van der Waals surface area contributed by atoms with E-state index < -0.39 is 5.97 Å². The smallest absolute Gasteiger partial charge is 0.339 e. The predicted octanol–water partition coefficient (Wildman–Crippen LogP) is 2.66. The van der Waals surface area contributed by atoms with Crippen LogP contribution in [-0.2, 0) is 6.61 Å². The lowest BCUT2D eigenvalue weighted by molar-refractivity contribution is 0.0691. The molecule has 2 heterocycles. The van der Waals surface area contributed by atoms with Gasteiger partial charge in [0.25, 0.3) is 0 Å². The highest BCUT2D eigenvalue weighted by atomic mass is 35.5. The first-order valence-electron chi connectivity index (χ1n) is 6.08. The van der Waals surface area contributed by atoms with Gasteiger partial charge in [0, 0.05) is 23.6 Å². The molecule has 0 spiro atoms. The van der Waals surface area contributed by atoms with Crippen molar-refractivity contribution >= 4 is 23.3 Å². The zero-order chi connectivity index (χ0) is 14.8. The predicted molar refractivity (Wildman–Crippen MR) is 75.7 cm³/mol. The highest BCUT2D eigenvalue weighted by Gasteiger charge is 2.12. The molecule has 0 aliphatic heterocycles. The lowest BCUT2D eigenvalue weighted by Gasteiger charge is -2.08. The minimum atomic E-state index is -1.07. The van der Waals surface area contributed by atoms with Gasteiger partial charge in [0.1, 0.15) is 17.9 Å². The third-order valence-corrected chi connectivity index (χ3v) is 3.07. The van der Waals surface area contributed by atoms with Gasteiger partial charge in [-0.15, -0.1) is 0 Å². The number of aromatic nitrogens is 3. The molecule has 0 bridgehead atoms. The quantitative estimate of drug-likeness (QED) is 0.802. The molecule has 0 amide bonds. The molecule has 3 rings (SSSR count). The fourth-order valence-corrected chi connectivity index (χ4v) is 2.06. The van der Waals surface area contributed by atoms with E-state index in [2.05, 4.69) is 9.97 Å². The average molecular weight is 304 g/mol. The van der Waals surface area contributed by atoms with Crippen LogP contribution < -0.4 is 4.74 Å². The highest BCUT2D eigenvalue weighted by Crippen LogP contribution is 2.24. The summed E-state index contributed by atoms with van der Waals surface area (Å²) in [5, 5.41) is 9.52. The number of ether oxygens (including phenoxy) is 1. The Hall–Kier alpha value is -2.60. The van der Waals surface area contributed by atoms with E-state index in [0.717, 1.165) is 0 Å². The topological polar surface area (TPSA) is 76.7 Å². The molecular weight excluding hydrogens is 294 g/mol. The molecule has 1 N–H and O–H groups in total. The third-order valence-electron chi connectivity index (χ3n) is 2.84. The summed E-state index contributed by atoms with van der Waals surface area (Å²) in [7, 11) is 0. The number of carbonyl (C=O) groups is 1. The van der Waals surface area contributed by atoms with Crippen molar-refractivity contribution in [1.29, 1.82) is 0 Å². The third kappa shape index (κ3) is 2.80. The van der Waals surface area contributed by atoms with Crippen LogP contribution in [0.4, 0.5) is 0 Å². The molecule has 0 atom stereocenters. The summed E-state index contributed by atoms with van der Waals surface area (Å²) in [5.74, 6) is -0.306. The summed E-state index contributed by atoms with van der Waals surface area (Å²) in [4.78, 5) is 19.5. The van der Waals surface area contributed by atoms with E-state index in [9.17, 15) is 4.79 Å². The molecule has 0 unspecified atom stereocenters. The number of halogens is 1. The Balaban J connectivity index is 1.84. The largest absolute Gasteiger partial charge is 0.486 e. The molecular formula is C14H10ClN3O3. The van der Waals surface area contributed by atoms with Gasteiger partial charge in [0.15, 0.2) is 0 Å². The Bertz CT molecular complexity index is 783. The van der Waals surface area contributed by atoms with Crippen LogP contribution in [0, 0.1) is 0 Å². The molecule has 106 valence electrons. The summed E-state index contributed by atoms with van der Waals surface area (Å²) in [5.41, 5.74) is 0.700. The first-order chi connectivity index (χ1) is 10.1. The maximum atomic E-state index is 11.1. The number of carboxylic acids is 1.